The van der Waals surface area contributed by atoms with Crippen molar-refractivity contribution in [1.82, 2.24) is 10.6 Å². The van der Waals surface area contributed by atoms with E-state index in [1.165, 1.54) is 44.9 Å². The maximum atomic E-state index is 12.2. The molecule has 0 aromatic rings. The van der Waals surface area contributed by atoms with Crippen molar-refractivity contribution in [2.45, 2.75) is 122 Å². The summed E-state index contributed by atoms with van der Waals surface area (Å²) >= 11 is 0. The molecular weight excluding hydrogens is 520 g/mol. The van der Waals surface area contributed by atoms with Gasteiger partial charge in [-0.15, -0.1) is 0 Å². The first-order valence-corrected chi connectivity index (χ1v) is 15.0. The minimum atomic E-state index is -1.16. The summed E-state index contributed by atoms with van der Waals surface area (Å²) in [6, 6.07) is -1.10. The van der Waals surface area contributed by atoms with E-state index in [2.05, 4.69) is 10.6 Å². The van der Waals surface area contributed by atoms with E-state index in [-0.39, 0.29) is 63.9 Å². The standard InChI is InChI=1S/C29H52N2O9/c32-20-22-40-24-23-39-21-19-30-26(33)18-17-25(29(37)38)31-27(34)15-13-11-9-7-5-3-1-2-4-6-8-10-12-14-16-28(35)36/h20,25H,1-19,21-24H2,(H,30,33)(H,31,34)(H,35,36)(H,37,38)/t25-/m1/s1. The maximum absolute atomic E-state index is 12.2. The minimum Gasteiger partial charge on any atom is -0.481 e. The Morgan fingerprint density at radius 1 is 0.625 bits per heavy atom. The third kappa shape index (κ3) is 27.1. The predicted molar refractivity (Wildman–Crippen MR) is 151 cm³/mol. The van der Waals surface area contributed by atoms with Gasteiger partial charge in [-0.05, 0) is 19.3 Å². The van der Waals surface area contributed by atoms with Crippen molar-refractivity contribution in [2.24, 2.45) is 0 Å². The highest BCUT2D eigenvalue weighted by Crippen LogP contribution is 2.14. The van der Waals surface area contributed by atoms with Crippen LogP contribution in [0.3, 0.4) is 0 Å². The van der Waals surface area contributed by atoms with Gasteiger partial charge in [0.1, 0.15) is 18.9 Å². The highest BCUT2D eigenvalue weighted by Gasteiger charge is 2.20. The number of nitrogens with one attached hydrogen (secondary N) is 2. The zero-order valence-corrected chi connectivity index (χ0v) is 24.2. The molecule has 0 radical (unpaired) electrons. The number of carbonyl (C=O) groups excluding carboxylic acids is 3. The van der Waals surface area contributed by atoms with Gasteiger partial charge in [-0.2, -0.15) is 0 Å². The van der Waals surface area contributed by atoms with E-state index in [0.29, 0.717) is 19.3 Å². The first-order chi connectivity index (χ1) is 19.4. The van der Waals surface area contributed by atoms with E-state index in [1.807, 2.05) is 0 Å². The third-order valence-corrected chi connectivity index (χ3v) is 6.46. The summed E-state index contributed by atoms with van der Waals surface area (Å²) in [5.74, 6) is -2.48. The van der Waals surface area contributed by atoms with Crippen LogP contribution < -0.4 is 10.6 Å². The lowest BCUT2D eigenvalue weighted by Crippen LogP contribution is -2.41. The Labute approximate surface area is 239 Å². The number of carboxylic acid groups (broad SMARTS) is 2. The topological polar surface area (TPSA) is 168 Å². The SMILES string of the molecule is O=CCOCCOCCNC(=O)CC[C@@H](NC(=O)CCCCCCCCCCCCCCCCC(=O)O)C(=O)O. The minimum absolute atomic E-state index is 0.0140. The molecule has 0 aromatic heterocycles. The first-order valence-electron chi connectivity index (χ1n) is 15.0. The van der Waals surface area contributed by atoms with Crippen LogP contribution >= 0.6 is 0 Å². The highest BCUT2D eigenvalue weighted by molar-refractivity contribution is 5.84. The summed E-state index contributed by atoms with van der Waals surface area (Å²) < 4.78 is 10.2. The monoisotopic (exact) mass is 572 g/mol. The lowest BCUT2D eigenvalue weighted by molar-refractivity contribution is -0.142. The molecule has 11 heteroatoms. The molecule has 2 amide bonds. The number of hydrogen-bond acceptors (Lipinski definition) is 7. The van der Waals surface area contributed by atoms with Crippen LogP contribution in [0, 0.1) is 0 Å². The molecule has 0 spiro atoms. The molecule has 0 saturated carbocycles. The molecule has 1 atom stereocenters. The molecule has 0 bridgehead atoms. The zero-order valence-electron chi connectivity index (χ0n) is 24.2. The molecule has 0 heterocycles. The number of unbranched alkanes of at least 4 members (excludes halogenated alkanes) is 13. The Hall–Kier alpha value is -2.53. The molecule has 232 valence electrons. The predicted octanol–water partition coefficient (Wildman–Crippen LogP) is 4.01. The average molecular weight is 573 g/mol. The van der Waals surface area contributed by atoms with Gasteiger partial charge in [0.15, 0.2) is 0 Å². The van der Waals surface area contributed by atoms with Crippen LogP contribution in [0.25, 0.3) is 0 Å². The number of amides is 2. The molecule has 0 aliphatic carbocycles. The Morgan fingerprint density at radius 3 is 1.62 bits per heavy atom. The lowest BCUT2D eigenvalue weighted by atomic mass is 10.0. The van der Waals surface area contributed by atoms with Crippen LogP contribution in [-0.2, 0) is 33.4 Å². The molecule has 0 unspecified atom stereocenters. The van der Waals surface area contributed by atoms with Gasteiger partial charge in [-0.25, -0.2) is 4.79 Å². The fourth-order valence-electron chi connectivity index (χ4n) is 4.18. The molecule has 4 N–H and O–H groups in total. The molecule has 11 nitrogen and oxygen atoms in total. The van der Waals surface area contributed by atoms with Crippen molar-refractivity contribution >= 4 is 30.0 Å². The Morgan fingerprint density at radius 2 is 1.12 bits per heavy atom. The van der Waals surface area contributed by atoms with E-state index < -0.39 is 18.0 Å². The second-order valence-corrected chi connectivity index (χ2v) is 10.0. The smallest absolute Gasteiger partial charge is 0.326 e. The van der Waals surface area contributed by atoms with Gasteiger partial charge in [-0.3, -0.25) is 14.4 Å². The number of rotatable bonds is 30. The molecule has 40 heavy (non-hydrogen) atoms. The van der Waals surface area contributed by atoms with E-state index in [1.54, 1.807) is 0 Å². The Balaban J connectivity index is 3.64. The number of carboxylic acids is 2. The molecule has 0 aromatic carbocycles. The van der Waals surface area contributed by atoms with Gasteiger partial charge in [0, 0.05) is 25.8 Å². The summed E-state index contributed by atoms with van der Waals surface area (Å²) in [6.45, 7) is 1.16. The average Bonchev–Trinajstić information content (AvgIpc) is 2.91. The summed E-state index contributed by atoms with van der Waals surface area (Å²) in [7, 11) is 0. The fourth-order valence-corrected chi connectivity index (χ4v) is 4.18. The van der Waals surface area contributed by atoms with Crippen LogP contribution in [-0.4, -0.2) is 79.3 Å². The number of carbonyl (C=O) groups is 5. The second-order valence-electron chi connectivity index (χ2n) is 10.0. The summed E-state index contributed by atoms with van der Waals surface area (Å²) in [5.41, 5.74) is 0. The molecular formula is C29H52N2O9. The van der Waals surface area contributed by atoms with Gasteiger partial charge in [-0.1, -0.05) is 77.0 Å². The zero-order chi connectivity index (χ0) is 29.7. The van der Waals surface area contributed by atoms with Crippen molar-refractivity contribution in [1.29, 1.82) is 0 Å². The third-order valence-electron chi connectivity index (χ3n) is 6.46. The van der Waals surface area contributed by atoms with Crippen LogP contribution in [0.5, 0.6) is 0 Å². The summed E-state index contributed by atoms with van der Waals surface area (Å²) in [4.78, 5) is 56.1. The van der Waals surface area contributed by atoms with E-state index in [9.17, 15) is 29.1 Å². The van der Waals surface area contributed by atoms with Crippen LogP contribution in [0.4, 0.5) is 0 Å². The quantitative estimate of drug-likeness (QED) is 0.0734. The van der Waals surface area contributed by atoms with E-state index >= 15 is 0 Å². The fraction of sp³-hybridized carbons (Fsp3) is 0.828. The maximum Gasteiger partial charge on any atom is 0.326 e. The van der Waals surface area contributed by atoms with Gasteiger partial charge in [0.25, 0.3) is 0 Å². The largest absolute Gasteiger partial charge is 0.481 e. The Kier molecular flexibility index (Phi) is 26.2. The molecule has 0 fully saturated rings. The second kappa shape index (κ2) is 28.0. The number of hydrogen-bond donors (Lipinski definition) is 4. The van der Waals surface area contributed by atoms with Crippen LogP contribution in [0.15, 0.2) is 0 Å². The summed E-state index contributed by atoms with van der Waals surface area (Å²) in [6.07, 6.45) is 16.5. The van der Waals surface area contributed by atoms with Crippen molar-refractivity contribution < 1.29 is 43.7 Å². The van der Waals surface area contributed by atoms with Crippen molar-refractivity contribution in [3.05, 3.63) is 0 Å². The van der Waals surface area contributed by atoms with Crippen LogP contribution in [0.2, 0.25) is 0 Å². The first kappa shape index (κ1) is 37.5. The van der Waals surface area contributed by atoms with Gasteiger partial charge < -0.3 is 35.1 Å². The number of aliphatic carboxylic acids is 2. The molecule has 0 rings (SSSR count). The molecule has 0 aliphatic rings. The molecule has 0 saturated heterocycles. The number of ether oxygens (including phenoxy) is 2. The van der Waals surface area contributed by atoms with Crippen molar-refractivity contribution in [2.75, 3.05) is 33.0 Å². The van der Waals surface area contributed by atoms with Crippen LogP contribution in [0.1, 0.15) is 116 Å². The van der Waals surface area contributed by atoms with Gasteiger partial charge in [0.05, 0.1) is 19.8 Å². The van der Waals surface area contributed by atoms with E-state index in [0.717, 1.165) is 38.5 Å². The lowest BCUT2D eigenvalue weighted by Gasteiger charge is -2.14. The summed E-state index contributed by atoms with van der Waals surface area (Å²) in [5, 5.41) is 23.1. The molecule has 0 aliphatic heterocycles. The van der Waals surface area contributed by atoms with E-state index in [4.69, 9.17) is 14.6 Å². The van der Waals surface area contributed by atoms with Gasteiger partial charge >= 0.3 is 11.9 Å². The van der Waals surface area contributed by atoms with Gasteiger partial charge in [0.2, 0.25) is 11.8 Å². The normalized spacial score (nSPS) is 11.6. The Bertz CT molecular complexity index is 688. The van der Waals surface area contributed by atoms with Crippen molar-refractivity contribution in [3.8, 4) is 0 Å². The highest BCUT2D eigenvalue weighted by atomic mass is 16.5. The number of aldehydes is 1. The van der Waals surface area contributed by atoms with Crippen molar-refractivity contribution in [3.63, 3.8) is 0 Å².